The molecule has 0 heterocycles. The van der Waals surface area contributed by atoms with Gasteiger partial charge in [-0.2, -0.15) is 0 Å². The predicted molar refractivity (Wildman–Crippen MR) is 68.3 cm³/mol. The quantitative estimate of drug-likeness (QED) is 0.815. The number of nitrogens with one attached hydrogen (secondary N) is 1. The van der Waals surface area contributed by atoms with Gasteiger partial charge in [0.15, 0.2) is 0 Å². The maximum absolute atomic E-state index is 11.4. The summed E-state index contributed by atoms with van der Waals surface area (Å²) < 4.78 is 4.71. The van der Waals surface area contributed by atoms with Crippen LogP contribution in [0.5, 0.6) is 0 Å². The van der Waals surface area contributed by atoms with Crippen LogP contribution in [0.3, 0.4) is 0 Å². The van der Waals surface area contributed by atoms with Gasteiger partial charge in [-0.25, -0.2) is 4.79 Å². The van der Waals surface area contributed by atoms with Crippen LogP contribution >= 0.6 is 0 Å². The molecular formula is C14H19NO2. The van der Waals surface area contributed by atoms with Gasteiger partial charge in [-0.1, -0.05) is 25.3 Å². The topological polar surface area (TPSA) is 38.3 Å². The number of benzene rings is 1. The van der Waals surface area contributed by atoms with E-state index in [4.69, 9.17) is 4.74 Å². The van der Waals surface area contributed by atoms with Gasteiger partial charge < -0.3 is 10.1 Å². The highest BCUT2D eigenvalue weighted by Crippen LogP contribution is 2.22. The number of anilines is 1. The minimum atomic E-state index is -0.280. The van der Waals surface area contributed by atoms with Gasteiger partial charge in [-0.05, 0) is 31.0 Å². The Balaban J connectivity index is 2.02. The fourth-order valence-electron chi connectivity index (χ4n) is 2.34. The Morgan fingerprint density at radius 2 is 2.06 bits per heavy atom. The van der Waals surface area contributed by atoms with Crippen LogP contribution in [0, 0.1) is 0 Å². The summed E-state index contributed by atoms with van der Waals surface area (Å²) >= 11 is 0. The molecule has 0 saturated heterocycles. The highest BCUT2D eigenvalue weighted by atomic mass is 16.5. The molecule has 3 heteroatoms. The largest absolute Gasteiger partial charge is 0.465 e. The molecule has 0 atom stereocenters. The van der Waals surface area contributed by atoms with Crippen LogP contribution in [-0.4, -0.2) is 19.1 Å². The summed E-state index contributed by atoms with van der Waals surface area (Å²) in [5, 5.41) is 3.49. The molecule has 1 fully saturated rings. The first kappa shape index (κ1) is 12.0. The Hall–Kier alpha value is -1.51. The van der Waals surface area contributed by atoms with Crippen molar-refractivity contribution in [1.29, 1.82) is 0 Å². The molecule has 1 aromatic carbocycles. The van der Waals surface area contributed by atoms with E-state index < -0.39 is 0 Å². The number of rotatable bonds is 3. The minimum Gasteiger partial charge on any atom is -0.465 e. The number of esters is 1. The van der Waals surface area contributed by atoms with Gasteiger partial charge in [0.05, 0.1) is 12.7 Å². The van der Waals surface area contributed by atoms with Crippen molar-refractivity contribution in [1.82, 2.24) is 0 Å². The first-order valence-corrected chi connectivity index (χ1v) is 6.24. The van der Waals surface area contributed by atoms with Crippen molar-refractivity contribution < 1.29 is 9.53 Å². The van der Waals surface area contributed by atoms with Crippen molar-refractivity contribution in [2.45, 2.75) is 38.1 Å². The lowest BCUT2D eigenvalue weighted by atomic mass is 9.95. The smallest absolute Gasteiger partial charge is 0.337 e. The third kappa shape index (κ3) is 3.22. The molecule has 1 aliphatic rings. The van der Waals surface area contributed by atoms with Crippen LogP contribution in [0.1, 0.15) is 42.5 Å². The summed E-state index contributed by atoms with van der Waals surface area (Å²) in [6.07, 6.45) is 6.40. The molecule has 0 bridgehead atoms. The molecule has 3 nitrogen and oxygen atoms in total. The first-order valence-electron chi connectivity index (χ1n) is 6.24. The molecule has 1 N–H and O–H groups in total. The molecule has 2 rings (SSSR count). The standard InChI is InChI=1S/C14H19NO2/c1-17-14(16)11-6-5-9-13(10-11)15-12-7-3-2-4-8-12/h5-6,9-10,12,15H,2-4,7-8H2,1H3. The summed E-state index contributed by atoms with van der Waals surface area (Å²) in [4.78, 5) is 11.4. The third-order valence-corrected chi connectivity index (χ3v) is 3.26. The zero-order chi connectivity index (χ0) is 12.1. The number of methoxy groups -OCH3 is 1. The molecule has 1 saturated carbocycles. The number of hydrogen-bond donors (Lipinski definition) is 1. The fourth-order valence-corrected chi connectivity index (χ4v) is 2.34. The molecule has 0 aliphatic heterocycles. The monoisotopic (exact) mass is 233 g/mol. The van der Waals surface area contributed by atoms with Gasteiger partial charge >= 0.3 is 5.97 Å². The number of hydrogen-bond acceptors (Lipinski definition) is 3. The van der Waals surface area contributed by atoms with E-state index in [1.165, 1.54) is 39.2 Å². The number of carbonyl (C=O) groups excluding carboxylic acids is 1. The Bertz CT molecular complexity index is 384. The minimum absolute atomic E-state index is 0.280. The SMILES string of the molecule is COC(=O)c1cccc(NC2CCCCC2)c1. The second-order valence-corrected chi connectivity index (χ2v) is 4.55. The first-order chi connectivity index (χ1) is 8.29. The lowest BCUT2D eigenvalue weighted by molar-refractivity contribution is 0.0601. The summed E-state index contributed by atoms with van der Waals surface area (Å²) in [6.45, 7) is 0. The van der Waals surface area contributed by atoms with Gasteiger partial charge in [0.1, 0.15) is 0 Å². The Labute approximate surface area is 102 Å². The van der Waals surface area contributed by atoms with Crippen molar-refractivity contribution in [3.8, 4) is 0 Å². The van der Waals surface area contributed by atoms with E-state index in [9.17, 15) is 4.79 Å². The van der Waals surface area contributed by atoms with Crippen molar-refractivity contribution in [3.63, 3.8) is 0 Å². The third-order valence-electron chi connectivity index (χ3n) is 3.26. The lowest BCUT2D eigenvalue weighted by Gasteiger charge is -2.24. The van der Waals surface area contributed by atoms with Gasteiger partial charge in [0, 0.05) is 11.7 Å². The average Bonchev–Trinajstić information content (AvgIpc) is 2.39. The van der Waals surface area contributed by atoms with E-state index in [1.807, 2.05) is 18.2 Å². The normalized spacial score (nSPS) is 16.5. The number of carbonyl (C=O) groups is 1. The van der Waals surface area contributed by atoms with Crippen molar-refractivity contribution in [2.24, 2.45) is 0 Å². The predicted octanol–water partition coefficient (Wildman–Crippen LogP) is 3.22. The highest BCUT2D eigenvalue weighted by molar-refractivity contribution is 5.90. The van der Waals surface area contributed by atoms with Crippen LogP contribution in [0.15, 0.2) is 24.3 Å². The van der Waals surface area contributed by atoms with E-state index in [-0.39, 0.29) is 5.97 Å². The van der Waals surface area contributed by atoms with Crippen LogP contribution in [0.2, 0.25) is 0 Å². The van der Waals surface area contributed by atoms with Gasteiger partial charge in [-0.15, -0.1) is 0 Å². The van der Waals surface area contributed by atoms with Crippen LogP contribution in [-0.2, 0) is 4.74 Å². The van der Waals surface area contributed by atoms with Crippen LogP contribution in [0.25, 0.3) is 0 Å². The Morgan fingerprint density at radius 3 is 2.76 bits per heavy atom. The molecule has 0 radical (unpaired) electrons. The second-order valence-electron chi connectivity index (χ2n) is 4.55. The molecule has 1 aliphatic carbocycles. The fraction of sp³-hybridized carbons (Fsp3) is 0.500. The highest BCUT2D eigenvalue weighted by Gasteiger charge is 2.13. The summed E-state index contributed by atoms with van der Waals surface area (Å²) in [5.74, 6) is -0.280. The van der Waals surface area contributed by atoms with E-state index in [0.717, 1.165) is 5.69 Å². The molecule has 0 spiro atoms. The van der Waals surface area contributed by atoms with E-state index in [0.29, 0.717) is 11.6 Å². The van der Waals surface area contributed by atoms with Crippen molar-refractivity contribution in [2.75, 3.05) is 12.4 Å². The summed E-state index contributed by atoms with van der Waals surface area (Å²) in [6, 6.07) is 8.08. The second kappa shape index (κ2) is 5.71. The summed E-state index contributed by atoms with van der Waals surface area (Å²) in [7, 11) is 1.41. The average molecular weight is 233 g/mol. The van der Waals surface area contributed by atoms with E-state index in [1.54, 1.807) is 6.07 Å². The molecule has 1 aromatic rings. The Morgan fingerprint density at radius 1 is 1.29 bits per heavy atom. The Kier molecular flexibility index (Phi) is 4.02. The molecule has 92 valence electrons. The maximum atomic E-state index is 11.4. The summed E-state index contributed by atoms with van der Waals surface area (Å²) in [5.41, 5.74) is 1.62. The van der Waals surface area contributed by atoms with E-state index >= 15 is 0 Å². The molecule has 0 amide bonds. The molecule has 0 unspecified atom stereocenters. The molecular weight excluding hydrogens is 214 g/mol. The van der Waals surface area contributed by atoms with Crippen molar-refractivity contribution >= 4 is 11.7 Å². The van der Waals surface area contributed by atoms with Crippen molar-refractivity contribution in [3.05, 3.63) is 29.8 Å². The zero-order valence-corrected chi connectivity index (χ0v) is 10.2. The molecule has 17 heavy (non-hydrogen) atoms. The maximum Gasteiger partial charge on any atom is 0.337 e. The zero-order valence-electron chi connectivity index (χ0n) is 10.2. The van der Waals surface area contributed by atoms with E-state index in [2.05, 4.69) is 5.32 Å². The van der Waals surface area contributed by atoms with Crippen LogP contribution in [0.4, 0.5) is 5.69 Å². The van der Waals surface area contributed by atoms with Gasteiger partial charge in [0.25, 0.3) is 0 Å². The van der Waals surface area contributed by atoms with Gasteiger partial charge in [-0.3, -0.25) is 0 Å². The lowest BCUT2D eigenvalue weighted by Crippen LogP contribution is -2.22. The molecule has 0 aromatic heterocycles. The number of ether oxygens (including phenoxy) is 1. The van der Waals surface area contributed by atoms with Crippen LogP contribution < -0.4 is 5.32 Å². The van der Waals surface area contributed by atoms with Gasteiger partial charge in [0.2, 0.25) is 0 Å².